The van der Waals surface area contributed by atoms with Crippen molar-refractivity contribution in [1.29, 1.82) is 0 Å². The van der Waals surface area contributed by atoms with Crippen molar-refractivity contribution in [3.8, 4) is 0 Å². The Kier molecular flexibility index (Phi) is 11.7. The number of hydrogen-bond donors (Lipinski definition) is 1. The highest BCUT2D eigenvalue weighted by Gasteiger charge is 2.35. The van der Waals surface area contributed by atoms with Gasteiger partial charge < -0.3 is 10.2 Å². The Balaban J connectivity index is 1.81. The number of aryl methyl sites for hydroxylation is 1. The Bertz CT molecular complexity index is 1630. The van der Waals surface area contributed by atoms with E-state index in [1.54, 1.807) is 30.3 Å². The summed E-state index contributed by atoms with van der Waals surface area (Å²) in [6.07, 6.45) is 1.58. The number of benzene rings is 4. The number of carbonyl (C=O) groups is 2. The first-order chi connectivity index (χ1) is 21.2. The van der Waals surface area contributed by atoms with E-state index in [1.165, 1.54) is 21.3 Å². The van der Waals surface area contributed by atoms with E-state index >= 15 is 0 Å². The summed E-state index contributed by atoms with van der Waals surface area (Å²) >= 11 is 3.46. The molecule has 0 fully saturated rings. The van der Waals surface area contributed by atoms with Crippen LogP contribution in [0.4, 0.5) is 5.69 Å². The van der Waals surface area contributed by atoms with Gasteiger partial charge in [0.15, 0.2) is 0 Å². The largest absolute Gasteiger partial charge is 0.354 e. The number of anilines is 1. The number of sulfonamides is 1. The molecule has 0 aromatic heterocycles. The number of para-hydroxylation sites is 1. The molecule has 4 rings (SSSR count). The maximum Gasteiger partial charge on any atom is 0.264 e. The fourth-order valence-corrected chi connectivity index (χ4v) is 6.73. The van der Waals surface area contributed by atoms with Crippen molar-refractivity contribution in [3.05, 3.63) is 130 Å². The van der Waals surface area contributed by atoms with Gasteiger partial charge in [-0.2, -0.15) is 0 Å². The molecular weight excluding hydrogens is 638 g/mol. The Morgan fingerprint density at radius 3 is 2.05 bits per heavy atom. The van der Waals surface area contributed by atoms with Gasteiger partial charge in [-0.25, -0.2) is 8.42 Å². The molecule has 0 aliphatic heterocycles. The second-order valence-corrected chi connectivity index (χ2v) is 13.2. The third kappa shape index (κ3) is 8.36. The summed E-state index contributed by atoms with van der Waals surface area (Å²) in [6.45, 7) is 4.02. The zero-order valence-electron chi connectivity index (χ0n) is 25.0. The van der Waals surface area contributed by atoms with Crippen LogP contribution in [0.25, 0.3) is 0 Å². The van der Waals surface area contributed by atoms with Crippen LogP contribution in [0.5, 0.6) is 0 Å². The van der Waals surface area contributed by atoms with Gasteiger partial charge >= 0.3 is 0 Å². The first-order valence-electron chi connectivity index (χ1n) is 14.8. The lowest BCUT2D eigenvalue weighted by Gasteiger charge is -2.34. The van der Waals surface area contributed by atoms with Gasteiger partial charge in [0.1, 0.15) is 12.6 Å². The number of nitrogens with zero attached hydrogens (tertiary/aromatic N) is 2. The Morgan fingerprint density at radius 1 is 0.795 bits per heavy atom. The molecule has 0 heterocycles. The first kappa shape index (κ1) is 33.0. The normalized spacial score (nSPS) is 11.9. The van der Waals surface area contributed by atoms with Crippen molar-refractivity contribution < 1.29 is 18.0 Å². The molecular formula is C35H38BrN3O4S. The topological polar surface area (TPSA) is 86.8 Å². The Labute approximate surface area is 269 Å². The molecule has 9 heteroatoms. The predicted octanol–water partition coefficient (Wildman–Crippen LogP) is 6.37. The van der Waals surface area contributed by atoms with Gasteiger partial charge in [0, 0.05) is 24.0 Å². The molecule has 1 N–H and O–H groups in total. The lowest BCUT2D eigenvalue weighted by Crippen LogP contribution is -2.53. The van der Waals surface area contributed by atoms with E-state index < -0.39 is 28.5 Å². The van der Waals surface area contributed by atoms with Gasteiger partial charge in [0.25, 0.3) is 10.0 Å². The number of hydrogen-bond acceptors (Lipinski definition) is 4. The van der Waals surface area contributed by atoms with Crippen LogP contribution in [0.2, 0.25) is 0 Å². The molecule has 4 aromatic rings. The summed E-state index contributed by atoms with van der Waals surface area (Å²) in [5, 5.41) is 2.97. The molecule has 7 nitrogen and oxygen atoms in total. The van der Waals surface area contributed by atoms with Gasteiger partial charge in [-0.3, -0.25) is 13.9 Å². The summed E-state index contributed by atoms with van der Waals surface area (Å²) in [7, 11) is -4.13. The van der Waals surface area contributed by atoms with Crippen LogP contribution in [-0.4, -0.2) is 44.3 Å². The zero-order valence-corrected chi connectivity index (χ0v) is 27.4. The standard InChI is InChI=1S/C35H38BrN3O4S/c1-3-23-37-35(41)33(24-27-13-7-5-8-14-27)38(25-28-19-21-30(36)22-20-28)34(40)26-39(32-18-12-11-15-29(32)4-2)44(42,43)31-16-9-6-10-17-31/h5-22,33H,3-4,23-26H2,1-2H3,(H,37,41)/t33-/m1/s1. The van der Waals surface area contributed by atoms with Gasteiger partial charge in [-0.15, -0.1) is 0 Å². The smallest absolute Gasteiger partial charge is 0.264 e. The highest BCUT2D eigenvalue weighted by Crippen LogP contribution is 2.28. The van der Waals surface area contributed by atoms with Crippen LogP contribution in [0.1, 0.15) is 37.0 Å². The van der Waals surface area contributed by atoms with Gasteiger partial charge in [0.2, 0.25) is 11.8 Å². The number of carbonyl (C=O) groups excluding carboxylic acids is 2. The molecule has 0 aliphatic carbocycles. The predicted molar refractivity (Wildman–Crippen MR) is 179 cm³/mol. The van der Waals surface area contributed by atoms with Crippen LogP contribution in [-0.2, 0) is 39.0 Å². The van der Waals surface area contributed by atoms with Crippen LogP contribution < -0.4 is 9.62 Å². The van der Waals surface area contributed by atoms with Crippen molar-refractivity contribution in [1.82, 2.24) is 10.2 Å². The fourth-order valence-electron chi connectivity index (χ4n) is 4.99. The summed E-state index contributed by atoms with van der Waals surface area (Å²) in [4.78, 5) is 29.8. The Morgan fingerprint density at radius 2 is 1.41 bits per heavy atom. The van der Waals surface area contributed by atoms with E-state index in [1.807, 2.05) is 80.6 Å². The number of halogens is 1. The lowest BCUT2D eigenvalue weighted by molar-refractivity contribution is -0.140. The second kappa shape index (κ2) is 15.7. The first-order valence-corrected chi connectivity index (χ1v) is 17.0. The quantitative estimate of drug-likeness (QED) is 0.168. The molecule has 0 saturated heterocycles. The zero-order chi connectivity index (χ0) is 31.5. The van der Waals surface area contributed by atoms with Crippen molar-refractivity contribution in [2.24, 2.45) is 0 Å². The second-order valence-electron chi connectivity index (χ2n) is 10.5. The van der Waals surface area contributed by atoms with Crippen LogP contribution >= 0.6 is 15.9 Å². The maximum atomic E-state index is 14.5. The van der Waals surface area contributed by atoms with Crippen molar-refractivity contribution >= 4 is 43.5 Å². The molecule has 1 atom stereocenters. The van der Waals surface area contributed by atoms with E-state index in [9.17, 15) is 18.0 Å². The number of amides is 2. The molecule has 4 aromatic carbocycles. The molecule has 2 amide bonds. The molecule has 0 radical (unpaired) electrons. The lowest BCUT2D eigenvalue weighted by atomic mass is 10.0. The van der Waals surface area contributed by atoms with Crippen molar-refractivity contribution in [2.75, 3.05) is 17.4 Å². The molecule has 44 heavy (non-hydrogen) atoms. The monoisotopic (exact) mass is 675 g/mol. The summed E-state index contributed by atoms with van der Waals surface area (Å²) < 4.78 is 30.4. The molecule has 230 valence electrons. The van der Waals surface area contributed by atoms with E-state index in [0.717, 1.165) is 27.6 Å². The highest BCUT2D eigenvalue weighted by molar-refractivity contribution is 9.10. The third-order valence-corrected chi connectivity index (χ3v) is 9.64. The van der Waals surface area contributed by atoms with E-state index in [4.69, 9.17) is 0 Å². The minimum Gasteiger partial charge on any atom is -0.354 e. The van der Waals surface area contributed by atoms with Crippen molar-refractivity contribution in [2.45, 2.75) is 50.6 Å². The number of rotatable bonds is 14. The van der Waals surface area contributed by atoms with Crippen LogP contribution in [0, 0.1) is 0 Å². The number of nitrogens with one attached hydrogen (secondary N) is 1. The molecule has 0 saturated carbocycles. The fraction of sp³-hybridized carbons (Fsp3) is 0.257. The third-order valence-electron chi connectivity index (χ3n) is 7.34. The molecule has 0 bridgehead atoms. The van der Waals surface area contributed by atoms with Crippen LogP contribution in [0.3, 0.4) is 0 Å². The van der Waals surface area contributed by atoms with Gasteiger partial charge in [-0.1, -0.05) is 109 Å². The summed E-state index contributed by atoms with van der Waals surface area (Å²) in [5.41, 5.74) is 2.93. The summed E-state index contributed by atoms with van der Waals surface area (Å²) in [5.74, 6) is -0.765. The molecule has 0 spiro atoms. The van der Waals surface area contributed by atoms with E-state index in [-0.39, 0.29) is 23.8 Å². The minimum absolute atomic E-state index is 0.0830. The maximum absolute atomic E-state index is 14.5. The SMILES string of the molecule is CCCNC(=O)[C@@H](Cc1ccccc1)N(Cc1ccc(Br)cc1)C(=O)CN(c1ccccc1CC)S(=O)(=O)c1ccccc1. The molecule has 0 aliphatic rings. The minimum atomic E-state index is -4.13. The highest BCUT2D eigenvalue weighted by atomic mass is 79.9. The summed E-state index contributed by atoms with van der Waals surface area (Å²) in [6, 6.07) is 31.5. The van der Waals surface area contributed by atoms with Crippen LogP contribution in [0.15, 0.2) is 119 Å². The van der Waals surface area contributed by atoms with Gasteiger partial charge in [-0.05, 0) is 59.9 Å². The van der Waals surface area contributed by atoms with Crippen molar-refractivity contribution in [3.63, 3.8) is 0 Å². The van der Waals surface area contributed by atoms with E-state index in [0.29, 0.717) is 18.7 Å². The Hall–Kier alpha value is -3.95. The average molecular weight is 677 g/mol. The van der Waals surface area contributed by atoms with Gasteiger partial charge in [0.05, 0.1) is 10.6 Å². The average Bonchev–Trinajstić information content (AvgIpc) is 3.05. The molecule has 0 unspecified atom stereocenters. The van der Waals surface area contributed by atoms with E-state index in [2.05, 4.69) is 21.2 Å².